The number of aromatic nitrogens is 1. The molecule has 2 rings (SSSR count). The minimum atomic E-state index is -0.367. The molecule has 5 heteroatoms. The van der Waals surface area contributed by atoms with Crippen molar-refractivity contribution in [2.24, 2.45) is 0 Å². The van der Waals surface area contributed by atoms with Crippen molar-refractivity contribution in [3.63, 3.8) is 0 Å². The van der Waals surface area contributed by atoms with Gasteiger partial charge in [-0.1, -0.05) is 18.5 Å². The molecule has 2 heterocycles. The molecule has 1 aromatic rings. The maximum absolute atomic E-state index is 11.9. The number of rotatable bonds is 4. The third kappa shape index (κ3) is 4.18. The first-order valence-corrected chi connectivity index (χ1v) is 7.02. The van der Waals surface area contributed by atoms with Crippen LogP contribution in [0.15, 0.2) is 12.1 Å². The molecule has 0 saturated carbocycles. The molecule has 104 valence electrons. The summed E-state index contributed by atoms with van der Waals surface area (Å²) in [5.74, 6) is -0.367. The number of ether oxygens (including phenoxy) is 2. The van der Waals surface area contributed by atoms with E-state index in [0.29, 0.717) is 17.3 Å². The Labute approximate surface area is 118 Å². The maximum Gasteiger partial charge on any atom is 0.338 e. The van der Waals surface area contributed by atoms with Crippen LogP contribution in [-0.4, -0.2) is 30.3 Å². The van der Waals surface area contributed by atoms with Crippen molar-refractivity contribution in [3.05, 3.63) is 28.5 Å². The summed E-state index contributed by atoms with van der Waals surface area (Å²) in [5.41, 5.74) is 1.24. The molecule has 0 N–H and O–H groups in total. The van der Waals surface area contributed by atoms with Crippen LogP contribution < -0.4 is 0 Å². The minimum absolute atomic E-state index is 0.0284. The predicted molar refractivity (Wildman–Crippen MR) is 72.5 cm³/mol. The molecule has 1 aromatic heterocycles. The summed E-state index contributed by atoms with van der Waals surface area (Å²) in [5, 5.41) is 0.320. The summed E-state index contributed by atoms with van der Waals surface area (Å²) >= 11 is 5.88. The van der Waals surface area contributed by atoms with Gasteiger partial charge in [0.1, 0.15) is 11.8 Å². The van der Waals surface area contributed by atoms with Gasteiger partial charge in [0.25, 0.3) is 0 Å². The van der Waals surface area contributed by atoms with E-state index in [1.54, 1.807) is 6.07 Å². The number of esters is 1. The third-order valence-electron chi connectivity index (χ3n) is 3.12. The molecular weight excluding hydrogens is 266 g/mol. The van der Waals surface area contributed by atoms with E-state index in [-0.39, 0.29) is 12.1 Å². The lowest BCUT2D eigenvalue weighted by molar-refractivity contribution is -0.0300. The summed E-state index contributed by atoms with van der Waals surface area (Å²) in [7, 11) is 0. The van der Waals surface area contributed by atoms with E-state index in [2.05, 4.69) is 4.98 Å². The van der Waals surface area contributed by atoms with Gasteiger partial charge in [-0.2, -0.15) is 0 Å². The van der Waals surface area contributed by atoms with E-state index in [1.807, 2.05) is 6.92 Å². The molecular formula is C14H18ClNO3. The molecule has 0 bridgehead atoms. The summed E-state index contributed by atoms with van der Waals surface area (Å²) in [6.07, 6.45) is 3.92. The van der Waals surface area contributed by atoms with Gasteiger partial charge in [0.2, 0.25) is 0 Å². The standard InChI is InChI=1S/C14H18ClNO3/c1-2-11-7-10(8-13(15)16-11)14(17)19-9-12-5-3-4-6-18-12/h7-8,12H,2-6,9H2,1H3. The molecule has 0 aliphatic carbocycles. The molecule has 4 nitrogen and oxygen atoms in total. The third-order valence-corrected chi connectivity index (χ3v) is 3.31. The van der Waals surface area contributed by atoms with Crippen molar-refractivity contribution in [2.75, 3.05) is 13.2 Å². The monoisotopic (exact) mass is 283 g/mol. The van der Waals surface area contributed by atoms with E-state index in [1.165, 1.54) is 6.07 Å². The lowest BCUT2D eigenvalue weighted by Crippen LogP contribution is -2.26. The largest absolute Gasteiger partial charge is 0.459 e. The van der Waals surface area contributed by atoms with Crippen molar-refractivity contribution < 1.29 is 14.3 Å². The second kappa shape index (κ2) is 6.87. The Hall–Kier alpha value is -1.13. The zero-order chi connectivity index (χ0) is 13.7. The zero-order valence-electron chi connectivity index (χ0n) is 11.0. The second-order valence-corrected chi connectivity index (χ2v) is 5.00. The number of carbonyl (C=O) groups excluding carboxylic acids is 1. The Balaban J connectivity index is 1.93. The van der Waals surface area contributed by atoms with Crippen molar-refractivity contribution >= 4 is 17.6 Å². The SMILES string of the molecule is CCc1cc(C(=O)OCC2CCCCO2)cc(Cl)n1. The van der Waals surface area contributed by atoms with Crippen molar-refractivity contribution in [2.45, 2.75) is 38.7 Å². The topological polar surface area (TPSA) is 48.4 Å². The lowest BCUT2D eigenvalue weighted by atomic mass is 10.1. The Bertz CT molecular complexity index is 444. The fraction of sp³-hybridized carbons (Fsp3) is 0.571. The van der Waals surface area contributed by atoms with Crippen LogP contribution in [0.3, 0.4) is 0 Å². The lowest BCUT2D eigenvalue weighted by Gasteiger charge is -2.22. The van der Waals surface area contributed by atoms with Crippen LogP contribution in [0.5, 0.6) is 0 Å². The van der Waals surface area contributed by atoms with Gasteiger partial charge in [0, 0.05) is 12.3 Å². The van der Waals surface area contributed by atoms with Crippen LogP contribution >= 0.6 is 11.6 Å². The van der Waals surface area contributed by atoms with Gasteiger partial charge >= 0.3 is 5.97 Å². The van der Waals surface area contributed by atoms with E-state index >= 15 is 0 Å². The number of nitrogens with zero attached hydrogens (tertiary/aromatic N) is 1. The summed E-state index contributed by atoms with van der Waals surface area (Å²) in [6, 6.07) is 3.25. The molecule has 0 aromatic carbocycles. The molecule has 1 aliphatic rings. The number of hydrogen-bond acceptors (Lipinski definition) is 4. The number of carbonyl (C=O) groups is 1. The minimum Gasteiger partial charge on any atom is -0.459 e. The Morgan fingerprint density at radius 1 is 1.53 bits per heavy atom. The maximum atomic E-state index is 11.9. The Morgan fingerprint density at radius 2 is 2.37 bits per heavy atom. The first kappa shape index (κ1) is 14.3. The van der Waals surface area contributed by atoms with Crippen LogP contribution in [0.4, 0.5) is 0 Å². The summed E-state index contributed by atoms with van der Waals surface area (Å²) in [4.78, 5) is 16.1. The van der Waals surface area contributed by atoms with Crippen molar-refractivity contribution in [1.82, 2.24) is 4.98 Å². The molecule has 1 aliphatic heterocycles. The van der Waals surface area contributed by atoms with E-state index < -0.39 is 0 Å². The molecule has 1 atom stereocenters. The van der Waals surface area contributed by atoms with E-state index in [9.17, 15) is 4.79 Å². The first-order chi connectivity index (χ1) is 9.19. The average molecular weight is 284 g/mol. The highest BCUT2D eigenvalue weighted by Crippen LogP contribution is 2.15. The second-order valence-electron chi connectivity index (χ2n) is 4.61. The van der Waals surface area contributed by atoms with E-state index in [4.69, 9.17) is 21.1 Å². The number of pyridine rings is 1. The van der Waals surface area contributed by atoms with Crippen molar-refractivity contribution in [3.8, 4) is 0 Å². The first-order valence-electron chi connectivity index (χ1n) is 6.64. The highest BCUT2D eigenvalue weighted by atomic mass is 35.5. The van der Waals surface area contributed by atoms with Crippen LogP contribution in [0.2, 0.25) is 5.15 Å². The van der Waals surface area contributed by atoms with Gasteiger partial charge in [0.15, 0.2) is 0 Å². The van der Waals surface area contributed by atoms with Crippen LogP contribution in [0.25, 0.3) is 0 Å². The fourth-order valence-corrected chi connectivity index (χ4v) is 2.27. The highest BCUT2D eigenvalue weighted by molar-refractivity contribution is 6.29. The fourth-order valence-electron chi connectivity index (χ4n) is 2.04. The molecule has 19 heavy (non-hydrogen) atoms. The normalized spacial score (nSPS) is 19.2. The van der Waals surface area contributed by atoms with Crippen LogP contribution in [0.1, 0.15) is 42.2 Å². The molecule has 0 spiro atoms. The quantitative estimate of drug-likeness (QED) is 0.629. The van der Waals surface area contributed by atoms with Gasteiger partial charge in [-0.25, -0.2) is 9.78 Å². The van der Waals surface area contributed by atoms with Crippen LogP contribution in [-0.2, 0) is 15.9 Å². The summed E-state index contributed by atoms with van der Waals surface area (Å²) < 4.78 is 10.8. The molecule has 1 saturated heterocycles. The molecule has 0 amide bonds. The predicted octanol–water partition coefficient (Wildman–Crippen LogP) is 3.02. The van der Waals surface area contributed by atoms with Gasteiger partial charge < -0.3 is 9.47 Å². The number of aryl methyl sites for hydroxylation is 1. The Kier molecular flexibility index (Phi) is 5.16. The molecule has 1 unspecified atom stereocenters. The number of hydrogen-bond donors (Lipinski definition) is 0. The smallest absolute Gasteiger partial charge is 0.338 e. The Morgan fingerprint density at radius 3 is 3.05 bits per heavy atom. The van der Waals surface area contributed by atoms with Crippen molar-refractivity contribution in [1.29, 1.82) is 0 Å². The summed E-state index contributed by atoms with van der Waals surface area (Å²) in [6.45, 7) is 3.02. The van der Waals surface area contributed by atoms with Gasteiger partial charge in [-0.05, 0) is 37.8 Å². The zero-order valence-corrected chi connectivity index (χ0v) is 11.8. The van der Waals surface area contributed by atoms with E-state index in [0.717, 1.165) is 38.0 Å². The van der Waals surface area contributed by atoms with Crippen LogP contribution in [0, 0.1) is 0 Å². The molecule has 1 fully saturated rings. The van der Waals surface area contributed by atoms with Gasteiger partial charge in [-0.3, -0.25) is 0 Å². The average Bonchev–Trinajstić information content (AvgIpc) is 2.45. The van der Waals surface area contributed by atoms with Gasteiger partial charge in [0.05, 0.1) is 11.7 Å². The highest BCUT2D eigenvalue weighted by Gasteiger charge is 2.17. The number of halogens is 1. The van der Waals surface area contributed by atoms with Gasteiger partial charge in [-0.15, -0.1) is 0 Å². The molecule has 0 radical (unpaired) electrons.